The third-order valence-corrected chi connectivity index (χ3v) is 5.01. The minimum atomic E-state index is -0.274. The van der Waals surface area contributed by atoms with Crippen molar-refractivity contribution >= 4 is 46.8 Å². The number of hydrogen-bond acceptors (Lipinski definition) is 3. The van der Waals surface area contributed by atoms with Gasteiger partial charge in [-0.15, -0.1) is 24.0 Å². The molecule has 1 unspecified atom stereocenters. The minimum absolute atomic E-state index is 0. The van der Waals surface area contributed by atoms with E-state index in [2.05, 4.69) is 10.2 Å². The molecule has 3 N–H and O–H groups in total. The van der Waals surface area contributed by atoms with Crippen LogP contribution in [0.25, 0.3) is 11.0 Å². The molecule has 0 saturated carbocycles. The molecule has 1 aliphatic heterocycles. The summed E-state index contributed by atoms with van der Waals surface area (Å²) in [4.78, 5) is 18.2. The van der Waals surface area contributed by atoms with E-state index in [1.165, 1.54) is 12.1 Å². The van der Waals surface area contributed by atoms with Crippen molar-refractivity contribution < 1.29 is 13.6 Å². The predicted octanol–water partition coefficient (Wildman–Crippen LogP) is 3.55. The highest BCUT2D eigenvalue weighted by atomic mass is 127. The molecule has 1 aromatic carbocycles. The molecule has 1 aromatic heterocycles. The number of aliphatic imine (C=N–C) groups is 1. The standard InChI is InChI=1S/C20H27FN4O2.HI/c1-3-23-20(25-8-4-5-14(12-25)9-19(22)26)24-11-18-13(2)16-10-15(21)6-7-17(16)27-18;/h6-7,10,14H,3-5,8-9,11-12H2,1-2H3,(H2,22,26)(H,23,24);1H. The van der Waals surface area contributed by atoms with Crippen LogP contribution in [0.4, 0.5) is 4.39 Å². The number of primary amides is 1. The second-order valence-corrected chi connectivity index (χ2v) is 7.09. The van der Waals surface area contributed by atoms with Gasteiger partial charge in [-0.3, -0.25) is 4.79 Å². The quantitative estimate of drug-likeness (QED) is 0.372. The van der Waals surface area contributed by atoms with Crippen LogP contribution in [-0.4, -0.2) is 36.4 Å². The van der Waals surface area contributed by atoms with Crippen LogP contribution < -0.4 is 11.1 Å². The van der Waals surface area contributed by atoms with E-state index in [-0.39, 0.29) is 41.6 Å². The number of hydrogen-bond donors (Lipinski definition) is 2. The number of amides is 1. The summed E-state index contributed by atoms with van der Waals surface area (Å²) >= 11 is 0. The van der Waals surface area contributed by atoms with Crippen LogP contribution >= 0.6 is 24.0 Å². The number of carbonyl (C=O) groups is 1. The van der Waals surface area contributed by atoms with E-state index in [1.54, 1.807) is 6.07 Å². The van der Waals surface area contributed by atoms with Gasteiger partial charge in [0.2, 0.25) is 5.91 Å². The molecule has 1 atom stereocenters. The Bertz CT molecular complexity index is 852. The topological polar surface area (TPSA) is 83.9 Å². The third kappa shape index (κ3) is 5.36. The van der Waals surface area contributed by atoms with Crippen molar-refractivity contribution in [3.05, 3.63) is 35.3 Å². The molecule has 3 rings (SSSR count). The normalized spacial score (nSPS) is 17.5. The first kappa shape index (κ1) is 22.4. The van der Waals surface area contributed by atoms with Crippen LogP contribution in [0.2, 0.25) is 0 Å². The van der Waals surface area contributed by atoms with E-state index in [1.807, 2.05) is 13.8 Å². The van der Waals surface area contributed by atoms with Crippen LogP contribution in [0.5, 0.6) is 0 Å². The number of piperidine rings is 1. The Kier molecular flexibility index (Phi) is 8.09. The van der Waals surface area contributed by atoms with E-state index >= 15 is 0 Å². The summed E-state index contributed by atoms with van der Waals surface area (Å²) in [5.74, 6) is 1.27. The summed E-state index contributed by atoms with van der Waals surface area (Å²) < 4.78 is 19.4. The van der Waals surface area contributed by atoms with Crippen LogP contribution in [0.15, 0.2) is 27.6 Å². The molecule has 1 saturated heterocycles. The Balaban J connectivity index is 0.00000280. The van der Waals surface area contributed by atoms with E-state index < -0.39 is 0 Å². The Labute approximate surface area is 181 Å². The lowest BCUT2D eigenvalue weighted by Crippen LogP contribution is -2.47. The van der Waals surface area contributed by atoms with Gasteiger partial charge in [-0.1, -0.05) is 0 Å². The van der Waals surface area contributed by atoms with E-state index in [4.69, 9.17) is 15.1 Å². The summed E-state index contributed by atoms with van der Waals surface area (Å²) in [5, 5.41) is 4.10. The van der Waals surface area contributed by atoms with Gasteiger partial charge >= 0.3 is 0 Å². The van der Waals surface area contributed by atoms with E-state index in [9.17, 15) is 9.18 Å². The van der Waals surface area contributed by atoms with Crippen molar-refractivity contribution in [2.45, 2.75) is 39.7 Å². The molecule has 0 aliphatic carbocycles. The summed E-state index contributed by atoms with van der Waals surface area (Å²) in [5.41, 5.74) is 6.94. The molecule has 1 aliphatic rings. The van der Waals surface area contributed by atoms with Crippen LogP contribution in [0.1, 0.15) is 37.5 Å². The Morgan fingerprint density at radius 2 is 2.25 bits per heavy atom. The highest BCUT2D eigenvalue weighted by molar-refractivity contribution is 14.0. The highest BCUT2D eigenvalue weighted by Gasteiger charge is 2.23. The highest BCUT2D eigenvalue weighted by Crippen LogP contribution is 2.27. The van der Waals surface area contributed by atoms with Crippen LogP contribution in [0, 0.1) is 18.7 Å². The lowest BCUT2D eigenvalue weighted by molar-refractivity contribution is -0.119. The molecule has 2 heterocycles. The summed E-state index contributed by atoms with van der Waals surface area (Å²) in [6.45, 7) is 6.73. The monoisotopic (exact) mass is 502 g/mol. The second-order valence-electron chi connectivity index (χ2n) is 7.09. The Hall–Kier alpha value is -1.84. The van der Waals surface area contributed by atoms with Crippen LogP contribution in [-0.2, 0) is 11.3 Å². The molecular weight excluding hydrogens is 474 g/mol. The molecular formula is C20H28FIN4O2. The molecule has 154 valence electrons. The zero-order valence-corrected chi connectivity index (χ0v) is 18.7. The van der Waals surface area contributed by atoms with Crippen molar-refractivity contribution in [1.29, 1.82) is 0 Å². The van der Waals surface area contributed by atoms with Crippen LogP contribution in [0.3, 0.4) is 0 Å². The predicted molar refractivity (Wildman–Crippen MR) is 119 cm³/mol. The molecule has 0 bridgehead atoms. The lowest BCUT2D eigenvalue weighted by atomic mass is 9.95. The molecule has 1 amide bonds. The zero-order chi connectivity index (χ0) is 19.4. The number of fused-ring (bicyclic) bond motifs is 1. The van der Waals surface area contributed by atoms with Gasteiger partial charge < -0.3 is 20.4 Å². The second kappa shape index (κ2) is 10.1. The summed E-state index contributed by atoms with van der Waals surface area (Å²) in [6, 6.07) is 4.54. The average molecular weight is 502 g/mol. The Morgan fingerprint density at radius 1 is 1.46 bits per heavy atom. The molecule has 1 fully saturated rings. The fraction of sp³-hybridized carbons (Fsp3) is 0.500. The van der Waals surface area contributed by atoms with Crippen molar-refractivity contribution in [3.8, 4) is 0 Å². The zero-order valence-electron chi connectivity index (χ0n) is 16.3. The van der Waals surface area contributed by atoms with Gasteiger partial charge in [0, 0.05) is 37.0 Å². The number of likely N-dealkylation sites (tertiary alicyclic amines) is 1. The number of rotatable bonds is 5. The van der Waals surface area contributed by atoms with Gasteiger partial charge in [0.25, 0.3) is 0 Å². The fourth-order valence-corrected chi connectivity index (χ4v) is 3.68. The maximum Gasteiger partial charge on any atom is 0.217 e. The van der Waals surface area contributed by atoms with Crippen molar-refractivity contribution in [3.63, 3.8) is 0 Å². The Morgan fingerprint density at radius 3 is 2.96 bits per heavy atom. The van der Waals surface area contributed by atoms with Crippen molar-refractivity contribution in [1.82, 2.24) is 10.2 Å². The first-order chi connectivity index (χ1) is 13.0. The maximum atomic E-state index is 13.5. The molecule has 0 radical (unpaired) electrons. The summed E-state index contributed by atoms with van der Waals surface area (Å²) in [7, 11) is 0. The van der Waals surface area contributed by atoms with Gasteiger partial charge in [0.1, 0.15) is 23.7 Å². The number of guanidine groups is 1. The van der Waals surface area contributed by atoms with Gasteiger partial charge in [-0.2, -0.15) is 0 Å². The molecule has 6 nitrogen and oxygen atoms in total. The SMILES string of the molecule is CCNC(=NCc1oc2ccc(F)cc2c1C)N1CCCC(CC(N)=O)C1.I. The molecule has 28 heavy (non-hydrogen) atoms. The number of benzene rings is 1. The average Bonchev–Trinajstić information content (AvgIpc) is 2.94. The maximum absolute atomic E-state index is 13.5. The summed E-state index contributed by atoms with van der Waals surface area (Å²) in [6.07, 6.45) is 2.42. The van der Waals surface area contributed by atoms with Crippen molar-refractivity contribution in [2.24, 2.45) is 16.6 Å². The minimum Gasteiger partial charge on any atom is -0.459 e. The number of halogens is 2. The number of nitrogens with two attached hydrogens (primary N) is 1. The van der Waals surface area contributed by atoms with Gasteiger partial charge in [0.05, 0.1) is 0 Å². The van der Waals surface area contributed by atoms with Gasteiger partial charge in [-0.25, -0.2) is 9.38 Å². The molecule has 0 spiro atoms. The molecule has 2 aromatic rings. The first-order valence-electron chi connectivity index (χ1n) is 9.47. The number of furan rings is 1. The largest absolute Gasteiger partial charge is 0.459 e. The number of nitrogens with one attached hydrogen (secondary N) is 1. The van der Waals surface area contributed by atoms with E-state index in [0.717, 1.165) is 55.1 Å². The fourth-order valence-electron chi connectivity index (χ4n) is 3.68. The number of nitrogens with zero attached hydrogens (tertiary/aromatic N) is 2. The smallest absolute Gasteiger partial charge is 0.217 e. The molecule has 8 heteroatoms. The third-order valence-electron chi connectivity index (χ3n) is 5.01. The lowest BCUT2D eigenvalue weighted by Gasteiger charge is -2.34. The van der Waals surface area contributed by atoms with Crippen molar-refractivity contribution in [2.75, 3.05) is 19.6 Å². The number of carbonyl (C=O) groups excluding carboxylic acids is 1. The van der Waals surface area contributed by atoms with Gasteiger partial charge in [0.15, 0.2) is 5.96 Å². The van der Waals surface area contributed by atoms with Gasteiger partial charge in [-0.05, 0) is 50.8 Å². The number of aryl methyl sites for hydroxylation is 1. The first-order valence-corrected chi connectivity index (χ1v) is 9.47. The van der Waals surface area contributed by atoms with E-state index in [0.29, 0.717) is 18.5 Å².